The van der Waals surface area contributed by atoms with Crippen molar-refractivity contribution in [1.82, 2.24) is 9.80 Å². The number of allylic oxidation sites excluding steroid dienone is 3. The molecule has 3 aromatic carbocycles. The molecule has 242 valence electrons. The molecule has 1 saturated heterocycles. The highest BCUT2D eigenvalue weighted by atomic mass is 32.2. The number of rotatable bonds is 10. The number of amides is 2. The van der Waals surface area contributed by atoms with Gasteiger partial charge in [-0.2, -0.15) is 0 Å². The third-order valence-electron chi connectivity index (χ3n) is 8.26. The van der Waals surface area contributed by atoms with Gasteiger partial charge >= 0.3 is 0 Å². The normalized spacial score (nSPS) is 19.3. The number of ether oxygens (including phenoxy) is 2. The van der Waals surface area contributed by atoms with Crippen LogP contribution in [0.5, 0.6) is 11.5 Å². The summed E-state index contributed by atoms with van der Waals surface area (Å²) >= 11 is 0. The van der Waals surface area contributed by atoms with E-state index in [2.05, 4.69) is 4.72 Å². The van der Waals surface area contributed by atoms with E-state index in [9.17, 15) is 18.0 Å². The lowest BCUT2D eigenvalue weighted by atomic mass is 9.88. The molecule has 0 spiro atoms. The molecule has 1 unspecified atom stereocenters. The number of anilines is 2. The molecule has 2 atom stereocenters. The van der Waals surface area contributed by atoms with Crippen LogP contribution < -0.4 is 19.1 Å². The van der Waals surface area contributed by atoms with Gasteiger partial charge in [-0.05, 0) is 47.5 Å². The van der Waals surface area contributed by atoms with E-state index in [-0.39, 0.29) is 24.1 Å². The maximum absolute atomic E-state index is 14.1. The van der Waals surface area contributed by atoms with E-state index in [1.165, 1.54) is 11.0 Å². The fourth-order valence-electron chi connectivity index (χ4n) is 5.84. The highest BCUT2D eigenvalue weighted by Gasteiger charge is 2.51. The van der Waals surface area contributed by atoms with Crippen LogP contribution in [0.3, 0.4) is 0 Å². The zero-order valence-corrected chi connectivity index (χ0v) is 27.6. The van der Waals surface area contributed by atoms with Crippen LogP contribution in [0.25, 0.3) is 5.57 Å². The summed E-state index contributed by atoms with van der Waals surface area (Å²) in [5.41, 5.74) is 3.25. The second-order valence-electron chi connectivity index (χ2n) is 11.9. The first-order chi connectivity index (χ1) is 21.9. The largest absolute Gasteiger partial charge is 0.497 e. The molecule has 1 aliphatic carbocycles. The van der Waals surface area contributed by atoms with Crippen molar-refractivity contribution in [2.75, 3.05) is 58.0 Å². The molecule has 5 rings (SSSR count). The Labute approximate surface area is 270 Å². The third kappa shape index (κ3) is 6.60. The van der Waals surface area contributed by atoms with Crippen molar-refractivity contribution in [3.05, 3.63) is 102 Å². The van der Waals surface area contributed by atoms with E-state index in [4.69, 9.17) is 9.47 Å². The predicted molar refractivity (Wildman–Crippen MR) is 181 cm³/mol. The summed E-state index contributed by atoms with van der Waals surface area (Å²) < 4.78 is 40.5. The number of nitrogens with one attached hydrogen (secondary N) is 1. The molecular formula is C35H40N4O6S. The smallest absolute Gasteiger partial charge is 0.256 e. The number of benzene rings is 3. The molecule has 0 radical (unpaired) electrons. The molecule has 2 aliphatic rings. The van der Waals surface area contributed by atoms with Crippen molar-refractivity contribution in [1.29, 1.82) is 0 Å². The quantitative estimate of drug-likeness (QED) is 0.342. The van der Waals surface area contributed by atoms with Crippen molar-refractivity contribution in [3.8, 4) is 11.5 Å². The van der Waals surface area contributed by atoms with Crippen LogP contribution in [0.1, 0.15) is 28.8 Å². The zero-order valence-electron chi connectivity index (χ0n) is 26.8. The lowest BCUT2D eigenvalue weighted by molar-refractivity contribution is -0.130. The Morgan fingerprint density at radius 1 is 0.957 bits per heavy atom. The van der Waals surface area contributed by atoms with Crippen molar-refractivity contribution in [2.45, 2.75) is 23.7 Å². The molecule has 10 nitrogen and oxygen atoms in total. The standard InChI is InChI=1S/C35H40N4O6S/c1-37(2)32-14-7-6-13-31(32)33(40)39-21-19-30(24-39)45-29-12-8-11-27(22-29)36-46(42,43)35(34(41)38(3)4)20-9-10-26(23-35)25-15-17-28(44-5)18-16-25/h6-18,20,22,30,36H,19,21,23-24H2,1-5H3/t30-,35?/m0/s1. The fraction of sp³-hybridized carbons (Fsp3) is 0.314. The van der Waals surface area contributed by atoms with Crippen LogP contribution in [0.4, 0.5) is 11.4 Å². The molecule has 11 heteroatoms. The minimum atomic E-state index is -4.31. The van der Waals surface area contributed by atoms with Crippen molar-refractivity contribution < 1.29 is 27.5 Å². The maximum Gasteiger partial charge on any atom is 0.256 e. The molecule has 3 aromatic rings. The van der Waals surface area contributed by atoms with Crippen molar-refractivity contribution in [2.24, 2.45) is 0 Å². The molecule has 1 heterocycles. The summed E-state index contributed by atoms with van der Waals surface area (Å²) in [6.45, 7) is 0.950. The monoisotopic (exact) mass is 644 g/mol. The predicted octanol–water partition coefficient (Wildman–Crippen LogP) is 4.67. The van der Waals surface area contributed by atoms with Gasteiger partial charge in [-0.3, -0.25) is 14.3 Å². The van der Waals surface area contributed by atoms with Gasteiger partial charge in [-0.25, -0.2) is 8.42 Å². The number of para-hydroxylation sites is 1. The number of likely N-dealkylation sites (tertiary alicyclic amines) is 1. The third-order valence-corrected chi connectivity index (χ3v) is 10.2. The Morgan fingerprint density at radius 3 is 2.39 bits per heavy atom. The van der Waals surface area contributed by atoms with Crippen LogP contribution in [-0.4, -0.2) is 89.3 Å². The Bertz CT molecular complexity index is 1770. The number of hydrogen-bond donors (Lipinski definition) is 1. The van der Waals surface area contributed by atoms with Crippen LogP contribution in [0.2, 0.25) is 0 Å². The van der Waals surface area contributed by atoms with Crippen LogP contribution >= 0.6 is 0 Å². The van der Waals surface area contributed by atoms with E-state index in [1.807, 2.05) is 61.5 Å². The van der Waals surface area contributed by atoms with Gasteiger partial charge in [0.1, 0.15) is 17.6 Å². The van der Waals surface area contributed by atoms with Gasteiger partial charge in [0.2, 0.25) is 5.91 Å². The Balaban J connectivity index is 1.32. The molecule has 0 saturated carbocycles. The second kappa shape index (κ2) is 13.3. The molecule has 1 N–H and O–H groups in total. The van der Waals surface area contributed by atoms with E-state index in [0.717, 1.165) is 11.3 Å². The summed E-state index contributed by atoms with van der Waals surface area (Å²) in [7, 11) is 4.17. The number of hydrogen-bond acceptors (Lipinski definition) is 7. The number of nitrogens with zero attached hydrogens (tertiary/aromatic N) is 3. The van der Waals surface area contributed by atoms with E-state index >= 15 is 0 Å². The molecule has 2 amide bonds. The van der Waals surface area contributed by atoms with Crippen molar-refractivity contribution in [3.63, 3.8) is 0 Å². The first kappa shape index (κ1) is 32.6. The summed E-state index contributed by atoms with van der Waals surface area (Å²) in [5, 5.41) is 0. The molecular weight excluding hydrogens is 604 g/mol. The number of carbonyl (C=O) groups is 2. The fourth-order valence-corrected chi connectivity index (χ4v) is 7.48. The molecule has 0 aromatic heterocycles. The van der Waals surface area contributed by atoms with Gasteiger partial charge in [0.25, 0.3) is 15.9 Å². The van der Waals surface area contributed by atoms with E-state index in [0.29, 0.717) is 42.1 Å². The number of sulfonamides is 1. The van der Waals surface area contributed by atoms with E-state index < -0.39 is 20.7 Å². The molecule has 1 fully saturated rings. The first-order valence-corrected chi connectivity index (χ1v) is 16.5. The molecule has 0 bridgehead atoms. The lowest BCUT2D eigenvalue weighted by Crippen LogP contribution is -2.53. The lowest BCUT2D eigenvalue weighted by Gasteiger charge is -2.34. The number of carbonyl (C=O) groups excluding carboxylic acids is 2. The molecule has 1 aliphatic heterocycles. The Hall–Kier alpha value is -4.77. The zero-order chi connectivity index (χ0) is 33.1. The van der Waals surface area contributed by atoms with Crippen LogP contribution in [0, 0.1) is 0 Å². The highest BCUT2D eigenvalue weighted by molar-refractivity contribution is 7.95. The van der Waals surface area contributed by atoms with Crippen LogP contribution in [-0.2, 0) is 14.8 Å². The SMILES string of the molecule is COc1ccc(C2=CC=CC(C(=O)N(C)C)(S(=O)(=O)Nc3cccc(O[C@H]4CCN(C(=O)c5ccccc5N(C)C)C4)c3)C2)cc1. The molecule has 46 heavy (non-hydrogen) atoms. The summed E-state index contributed by atoms with van der Waals surface area (Å²) in [6.07, 6.45) is 5.21. The highest BCUT2D eigenvalue weighted by Crippen LogP contribution is 2.38. The summed E-state index contributed by atoms with van der Waals surface area (Å²) in [6, 6.07) is 21.4. The average molecular weight is 645 g/mol. The summed E-state index contributed by atoms with van der Waals surface area (Å²) in [5.74, 6) is 0.513. The van der Waals surface area contributed by atoms with Gasteiger partial charge < -0.3 is 24.2 Å². The average Bonchev–Trinajstić information content (AvgIpc) is 3.52. The van der Waals surface area contributed by atoms with Gasteiger partial charge in [0.05, 0.1) is 24.9 Å². The maximum atomic E-state index is 14.1. The minimum Gasteiger partial charge on any atom is -0.497 e. The van der Waals surface area contributed by atoms with Crippen LogP contribution in [0.15, 0.2) is 91.0 Å². The van der Waals surface area contributed by atoms with Gasteiger partial charge in [0.15, 0.2) is 4.75 Å². The van der Waals surface area contributed by atoms with Gasteiger partial charge in [0, 0.05) is 59.3 Å². The first-order valence-electron chi connectivity index (χ1n) is 15.0. The van der Waals surface area contributed by atoms with Crippen molar-refractivity contribution >= 4 is 38.8 Å². The Kier molecular flexibility index (Phi) is 9.43. The Morgan fingerprint density at radius 2 is 1.70 bits per heavy atom. The van der Waals surface area contributed by atoms with Gasteiger partial charge in [-0.1, -0.05) is 48.6 Å². The van der Waals surface area contributed by atoms with E-state index in [1.54, 1.807) is 68.6 Å². The minimum absolute atomic E-state index is 0.0543. The second-order valence-corrected chi connectivity index (χ2v) is 13.8. The van der Waals surface area contributed by atoms with Gasteiger partial charge in [-0.15, -0.1) is 0 Å². The number of methoxy groups -OCH3 is 1. The topological polar surface area (TPSA) is 108 Å². The summed E-state index contributed by atoms with van der Waals surface area (Å²) in [4.78, 5) is 31.9.